The Morgan fingerprint density at radius 3 is 2.64 bits per heavy atom. The first kappa shape index (κ1) is 18.7. The fraction of sp³-hybridized carbons (Fsp3) is 0.235. The van der Waals surface area contributed by atoms with Crippen LogP contribution in [0.3, 0.4) is 0 Å². The highest BCUT2D eigenvalue weighted by molar-refractivity contribution is 9.10. The molecule has 0 saturated heterocycles. The van der Waals surface area contributed by atoms with Crippen LogP contribution in [0.5, 0.6) is 0 Å². The number of hydrogen-bond donors (Lipinski definition) is 2. The normalized spacial score (nSPS) is 9.91. The average Bonchev–Trinajstić information content (AvgIpc) is 2.46. The number of anilines is 1. The molecule has 0 aliphatic carbocycles. The van der Waals surface area contributed by atoms with Crippen LogP contribution in [-0.2, 0) is 17.8 Å². The maximum absolute atomic E-state index is 12.2. The molecule has 0 unspecified atom stereocenters. The third-order valence-electron chi connectivity index (χ3n) is 3.11. The van der Waals surface area contributed by atoms with Crippen LogP contribution in [0.15, 0.2) is 53.0 Å². The van der Waals surface area contributed by atoms with Crippen LogP contribution in [0, 0.1) is 0 Å². The molecule has 0 radical (unpaired) electrons. The maximum atomic E-state index is 12.2. The van der Waals surface area contributed by atoms with E-state index in [0.717, 1.165) is 34.4 Å². The van der Waals surface area contributed by atoms with E-state index in [4.69, 9.17) is 0 Å². The number of carbonyl (C=O) groups is 1. The lowest BCUT2D eigenvalue weighted by molar-refractivity contribution is -0.115. The van der Waals surface area contributed by atoms with Gasteiger partial charge < -0.3 is 10.6 Å². The average molecular weight is 384 g/mol. The van der Waals surface area contributed by atoms with E-state index in [0.29, 0.717) is 6.42 Å². The zero-order valence-corrected chi connectivity index (χ0v) is 14.8. The van der Waals surface area contributed by atoms with Gasteiger partial charge in [-0.1, -0.05) is 53.2 Å². The first-order chi connectivity index (χ1) is 10.2. The lowest BCUT2D eigenvalue weighted by atomic mass is 10.1. The van der Waals surface area contributed by atoms with Crippen LogP contribution >= 0.6 is 28.3 Å². The first-order valence-electron chi connectivity index (χ1n) is 7.02. The minimum atomic E-state index is -0.00273. The minimum absolute atomic E-state index is 0. The van der Waals surface area contributed by atoms with Crippen LogP contribution in [0.4, 0.5) is 5.69 Å². The van der Waals surface area contributed by atoms with E-state index >= 15 is 0 Å². The van der Waals surface area contributed by atoms with E-state index in [1.54, 1.807) is 0 Å². The smallest absolute Gasteiger partial charge is 0.228 e. The van der Waals surface area contributed by atoms with Crippen LogP contribution in [0.2, 0.25) is 0 Å². The third-order valence-corrected chi connectivity index (χ3v) is 3.60. The molecule has 0 aromatic heterocycles. The summed E-state index contributed by atoms with van der Waals surface area (Å²) in [5, 5.41) is 6.27. The van der Waals surface area contributed by atoms with Crippen molar-refractivity contribution in [2.24, 2.45) is 0 Å². The fourth-order valence-electron chi connectivity index (χ4n) is 2.08. The molecule has 0 aliphatic rings. The molecule has 3 nitrogen and oxygen atoms in total. The van der Waals surface area contributed by atoms with Gasteiger partial charge in [-0.15, -0.1) is 12.4 Å². The lowest BCUT2D eigenvalue weighted by Gasteiger charge is -2.11. The molecule has 2 N–H and O–H groups in total. The van der Waals surface area contributed by atoms with Crippen LogP contribution < -0.4 is 10.6 Å². The predicted octanol–water partition coefficient (Wildman–Crippen LogP) is 4.16. The van der Waals surface area contributed by atoms with Gasteiger partial charge >= 0.3 is 0 Å². The second kappa shape index (κ2) is 9.62. The summed E-state index contributed by atoms with van der Waals surface area (Å²) in [6.45, 7) is 3.72. The number of amides is 1. The van der Waals surface area contributed by atoms with Crippen molar-refractivity contribution in [3.63, 3.8) is 0 Å². The highest BCUT2D eigenvalue weighted by Crippen LogP contribution is 2.16. The largest absolute Gasteiger partial charge is 0.325 e. The Balaban J connectivity index is 0.00000242. The molecule has 2 aromatic rings. The molecule has 0 fully saturated rings. The molecule has 22 heavy (non-hydrogen) atoms. The molecular weight excluding hydrogens is 364 g/mol. The topological polar surface area (TPSA) is 41.1 Å². The van der Waals surface area contributed by atoms with Gasteiger partial charge in [-0.2, -0.15) is 0 Å². The van der Waals surface area contributed by atoms with Crippen molar-refractivity contribution in [2.75, 3.05) is 11.9 Å². The Labute approximate surface area is 146 Å². The molecule has 0 saturated carbocycles. The second-order valence-electron chi connectivity index (χ2n) is 4.79. The van der Waals surface area contributed by atoms with Gasteiger partial charge in [-0.25, -0.2) is 0 Å². The number of halogens is 2. The van der Waals surface area contributed by atoms with Gasteiger partial charge in [0, 0.05) is 16.7 Å². The number of hydrogen-bond acceptors (Lipinski definition) is 2. The van der Waals surface area contributed by atoms with Crippen molar-refractivity contribution in [1.29, 1.82) is 0 Å². The molecule has 2 aromatic carbocycles. The standard InChI is InChI=1S/C17H19BrN2O.ClH/c1-2-19-12-14-7-3-4-9-16(14)20-17(21)11-13-6-5-8-15(18)10-13;/h3-10,19H,2,11-12H2,1H3,(H,20,21);1H. The summed E-state index contributed by atoms with van der Waals surface area (Å²) in [6, 6.07) is 15.7. The van der Waals surface area contributed by atoms with E-state index in [2.05, 4.69) is 33.5 Å². The maximum Gasteiger partial charge on any atom is 0.228 e. The molecule has 0 heterocycles. The Bertz CT molecular complexity index is 619. The van der Waals surface area contributed by atoms with Gasteiger partial charge in [0.15, 0.2) is 0 Å². The van der Waals surface area contributed by atoms with E-state index in [1.165, 1.54) is 0 Å². The minimum Gasteiger partial charge on any atom is -0.325 e. The van der Waals surface area contributed by atoms with Gasteiger partial charge in [0.05, 0.1) is 6.42 Å². The summed E-state index contributed by atoms with van der Waals surface area (Å²) in [7, 11) is 0. The van der Waals surface area contributed by atoms with Crippen molar-refractivity contribution in [2.45, 2.75) is 19.9 Å². The Kier molecular flexibility index (Phi) is 8.17. The fourth-order valence-corrected chi connectivity index (χ4v) is 2.53. The zero-order valence-electron chi connectivity index (χ0n) is 12.4. The van der Waals surface area contributed by atoms with E-state index < -0.39 is 0 Å². The monoisotopic (exact) mass is 382 g/mol. The first-order valence-corrected chi connectivity index (χ1v) is 7.81. The molecule has 1 amide bonds. The molecule has 2 rings (SSSR count). The van der Waals surface area contributed by atoms with Gasteiger partial charge in [0.25, 0.3) is 0 Å². The summed E-state index contributed by atoms with van der Waals surface area (Å²) in [6.07, 6.45) is 0.370. The van der Waals surface area contributed by atoms with Gasteiger partial charge in [0.1, 0.15) is 0 Å². The quantitative estimate of drug-likeness (QED) is 0.786. The number of para-hydroxylation sites is 1. The summed E-state index contributed by atoms with van der Waals surface area (Å²) < 4.78 is 0.986. The highest BCUT2D eigenvalue weighted by atomic mass is 79.9. The molecule has 0 aliphatic heterocycles. The van der Waals surface area contributed by atoms with Crippen molar-refractivity contribution >= 4 is 39.9 Å². The second-order valence-corrected chi connectivity index (χ2v) is 5.71. The van der Waals surface area contributed by atoms with Gasteiger partial charge in [-0.3, -0.25) is 4.79 Å². The highest BCUT2D eigenvalue weighted by Gasteiger charge is 2.07. The number of benzene rings is 2. The SMILES string of the molecule is CCNCc1ccccc1NC(=O)Cc1cccc(Br)c1.Cl. The molecule has 0 bridgehead atoms. The molecule has 5 heteroatoms. The van der Waals surface area contributed by atoms with Gasteiger partial charge in [-0.05, 0) is 35.9 Å². The van der Waals surface area contributed by atoms with Crippen LogP contribution in [0.25, 0.3) is 0 Å². The van der Waals surface area contributed by atoms with E-state index in [1.807, 2.05) is 48.5 Å². The summed E-state index contributed by atoms with van der Waals surface area (Å²) in [4.78, 5) is 12.2. The molecular formula is C17H20BrClN2O. The summed E-state index contributed by atoms with van der Waals surface area (Å²) in [5.41, 5.74) is 2.96. The van der Waals surface area contributed by atoms with E-state index in [9.17, 15) is 4.79 Å². The van der Waals surface area contributed by atoms with E-state index in [-0.39, 0.29) is 18.3 Å². The zero-order chi connectivity index (χ0) is 15.1. The van der Waals surface area contributed by atoms with Crippen LogP contribution in [-0.4, -0.2) is 12.5 Å². The molecule has 0 atom stereocenters. The molecule has 118 valence electrons. The Hall–Kier alpha value is -1.36. The van der Waals surface area contributed by atoms with Crippen LogP contribution in [0.1, 0.15) is 18.1 Å². The predicted molar refractivity (Wildman–Crippen MR) is 97.5 cm³/mol. The Morgan fingerprint density at radius 1 is 1.14 bits per heavy atom. The summed E-state index contributed by atoms with van der Waals surface area (Å²) >= 11 is 3.42. The molecule has 0 spiro atoms. The third kappa shape index (κ3) is 5.79. The Morgan fingerprint density at radius 2 is 1.91 bits per heavy atom. The van der Waals surface area contributed by atoms with Crippen molar-refractivity contribution < 1.29 is 4.79 Å². The number of carbonyl (C=O) groups excluding carboxylic acids is 1. The van der Waals surface area contributed by atoms with Crippen molar-refractivity contribution in [1.82, 2.24) is 5.32 Å². The summed E-state index contributed by atoms with van der Waals surface area (Å²) in [5.74, 6) is -0.00273. The van der Waals surface area contributed by atoms with Crippen molar-refractivity contribution in [3.8, 4) is 0 Å². The number of rotatable bonds is 6. The lowest BCUT2D eigenvalue weighted by Crippen LogP contribution is -2.18. The number of nitrogens with one attached hydrogen (secondary N) is 2. The van der Waals surface area contributed by atoms with Gasteiger partial charge in [0.2, 0.25) is 5.91 Å². The van der Waals surface area contributed by atoms with Crippen molar-refractivity contribution in [3.05, 3.63) is 64.1 Å².